The normalized spacial score (nSPS) is 24.8. The molecule has 1 aromatic rings. The summed E-state index contributed by atoms with van der Waals surface area (Å²) < 4.78 is 54.7. The third-order valence-electron chi connectivity index (χ3n) is 6.00. The average Bonchev–Trinajstić information content (AvgIpc) is 3.60. The number of likely N-dealkylation sites (tertiary alicyclic amines) is 1. The maximum atomic E-state index is 14.2. The first-order chi connectivity index (χ1) is 14.7. The Bertz CT molecular complexity index is 861. The molecule has 1 aromatic carbocycles. The van der Waals surface area contributed by atoms with Gasteiger partial charge < -0.3 is 25.2 Å². The SMILES string of the molecule is CNC(=O)N1C[C@H](N(C(=O)NCc2ccc(OC(F)(F)F)cc2F)C2CC2)CC2CC21. The van der Waals surface area contributed by atoms with Gasteiger partial charge in [-0.2, -0.15) is 0 Å². The van der Waals surface area contributed by atoms with Crippen molar-refractivity contribution in [3.63, 3.8) is 0 Å². The van der Waals surface area contributed by atoms with Crippen LogP contribution in [-0.4, -0.2) is 59.9 Å². The molecule has 7 nitrogen and oxygen atoms in total. The van der Waals surface area contributed by atoms with Crippen LogP contribution in [0, 0.1) is 11.7 Å². The highest BCUT2D eigenvalue weighted by atomic mass is 19.4. The van der Waals surface area contributed by atoms with Gasteiger partial charge >= 0.3 is 18.4 Å². The molecule has 11 heteroatoms. The zero-order valence-electron chi connectivity index (χ0n) is 16.9. The van der Waals surface area contributed by atoms with Crippen molar-refractivity contribution in [2.24, 2.45) is 5.92 Å². The minimum Gasteiger partial charge on any atom is -0.406 e. The summed E-state index contributed by atoms with van der Waals surface area (Å²) >= 11 is 0. The van der Waals surface area contributed by atoms with Crippen LogP contribution >= 0.6 is 0 Å². The second-order valence-corrected chi connectivity index (χ2v) is 8.26. The first-order valence-electron chi connectivity index (χ1n) is 10.2. The molecule has 0 bridgehead atoms. The van der Waals surface area contributed by atoms with E-state index in [9.17, 15) is 27.2 Å². The van der Waals surface area contributed by atoms with Crippen molar-refractivity contribution < 1.29 is 31.9 Å². The molecule has 1 saturated heterocycles. The molecule has 0 spiro atoms. The monoisotopic (exact) mass is 444 g/mol. The number of amides is 4. The molecule has 0 radical (unpaired) electrons. The second kappa shape index (κ2) is 8.08. The first kappa shape index (κ1) is 21.5. The number of hydrogen-bond donors (Lipinski definition) is 2. The van der Waals surface area contributed by atoms with Crippen molar-refractivity contribution in [3.8, 4) is 5.75 Å². The molecule has 4 rings (SSSR count). The minimum atomic E-state index is -4.91. The molecule has 31 heavy (non-hydrogen) atoms. The Balaban J connectivity index is 1.39. The number of ether oxygens (including phenoxy) is 1. The van der Waals surface area contributed by atoms with Crippen LogP contribution in [0.15, 0.2) is 18.2 Å². The summed E-state index contributed by atoms with van der Waals surface area (Å²) in [7, 11) is 1.58. The lowest BCUT2D eigenvalue weighted by molar-refractivity contribution is -0.274. The van der Waals surface area contributed by atoms with Gasteiger partial charge in [0.1, 0.15) is 11.6 Å². The van der Waals surface area contributed by atoms with E-state index >= 15 is 0 Å². The number of halogens is 4. The number of carbonyl (C=O) groups is 2. The summed E-state index contributed by atoms with van der Waals surface area (Å²) in [5, 5.41) is 5.32. The molecule has 2 aliphatic carbocycles. The number of urea groups is 2. The standard InChI is InChI=1S/C20H24F4N4O3/c1-25-18(29)27-10-14(6-12-7-17(12)27)28(13-3-4-13)19(30)26-9-11-2-5-15(8-16(11)21)31-20(22,23)24/h2,5,8,12-14,17H,3-4,6-7,9-10H2,1H3,(H,25,29)(H,26,30)/t12?,14-,17?/m1/s1. The predicted octanol–water partition coefficient (Wildman–Crippen LogP) is 3.20. The topological polar surface area (TPSA) is 73.9 Å². The van der Waals surface area contributed by atoms with Gasteiger partial charge in [0.25, 0.3) is 0 Å². The molecule has 3 atom stereocenters. The van der Waals surface area contributed by atoms with Gasteiger partial charge in [-0.1, -0.05) is 6.07 Å². The van der Waals surface area contributed by atoms with Crippen LogP contribution < -0.4 is 15.4 Å². The van der Waals surface area contributed by atoms with Crippen LogP contribution in [0.2, 0.25) is 0 Å². The van der Waals surface area contributed by atoms with E-state index < -0.39 is 17.9 Å². The number of rotatable bonds is 5. The summed E-state index contributed by atoms with van der Waals surface area (Å²) in [6.07, 6.45) is -1.41. The highest BCUT2D eigenvalue weighted by Gasteiger charge is 2.52. The molecule has 1 heterocycles. The van der Waals surface area contributed by atoms with Crippen LogP contribution in [0.5, 0.6) is 5.75 Å². The van der Waals surface area contributed by atoms with Gasteiger partial charge in [0.15, 0.2) is 0 Å². The third kappa shape index (κ3) is 4.96. The van der Waals surface area contributed by atoms with Gasteiger partial charge in [0.2, 0.25) is 0 Å². The van der Waals surface area contributed by atoms with Gasteiger partial charge in [-0.05, 0) is 37.7 Å². The summed E-state index contributed by atoms with van der Waals surface area (Å²) in [4.78, 5) is 28.6. The predicted molar refractivity (Wildman–Crippen MR) is 102 cm³/mol. The number of carbonyl (C=O) groups excluding carboxylic acids is 2. The van der Waals surface area contributed by atoms with Crippen molar-refractivity contribution in [2.45, 2.75) is 56.7 Å². The molecule has 0 aromatic heterocycles. The maximum Gasteiger partial charge on any atom is 0.573 e. The van der Waals surface area contributed by atoms with Crippen molar-refractivity contribution in [2.75, 3.05) is 13.6 Å². The molecular formula is C20H24F4N4O3. The Morgan fingerprint density at radius 2 is 1.97 bits per heavy atom. The molecule has 170 valence electrons. The number of hydrogen-bond acceptors (Lipinski definition) is 3. The molecule has 4 amide bonds. The van der Waals surface area contributed by atoms with Gasteiger partial charge in [-0.15, -0.1) is 13.2 Å². The van der Waals surface area contributed by atoms with E-state index in [0.717, 1.165) is 37.8 Å². The summed E-state index contributed by atoms with van der Waals surface area (Å²) in [5.41, 5.74) is 0.0523. The fourth-order valence-electron chi connectivity index (χ4n) is 4.34. The lowest BCUT2D eigenvalue weighted by Crippen LogP contribution is -2.56. The lowest BCUT2D eigenvalue weighted by Gasteiger charge is -2.39. The molecular weight excluding hydrogens is 420 g/mol. The van der Waals surface area contributed by atoms with E-state index in [1.54, 1.807) is 16.8 Å². The Morgan fingerprint density at radius 1 is 1.23 bits per heavy atom. The van der Waals surface area contributed by atoms with Crippen molar-refractivity contribution in [1.82, 2.24) is 20.4 Å². The summed E-state index contributed by atoms with van der Waals surface area (Å²) in [6.45, 7) is 0.278. The molecule has 2 unspecified atom stereocenters. The zero-order chi connectivity index (χ0) is 22.3. The van der Waals surface area contributed by atoms with Gasteiger partial charge in [0, 0.05) is 43.9 Å². The molecule has 2 N–H and O–H groups in total. The number of alkyl halides is 3. The molecule has 1 aliphatic heterocycles. The Kier molecular flexibility index (Phi) is 5.61. The highest BCUT2D eigenvalue weighted by molar-refractivity contribution is 5.77. The van der Waals surface area contributed by atoms with Crippen LogP contribution in [-0.2, 0) is 6.54 Å². The number of fused-ring (bicyclic) bond motifs is 1. The Morgan fingerprint density at radius 3 is 2.58 bits per heavy atom. The van der Waals surface area contributed by atoms with Crippen molar-refractivity contribution >= 4 is 12.1 Å². The number of nitrogens with one attached hydrogen (secondary N) is 2. The smallest absolute Gasteiger partial charge is 0.406 e. The van der Waals surface area contributed by atoms with Gasteiger partial charge in [0.05, 0.1) is 6.04 Å². The van der Waals surface area contributed by atoms with Crippen LogP contribution in [0.1, 0.15) is 31.2 Å². The quantitative estimate of drug-likeness (QED) is 0.685. The van der Waals surface area contributed by atoms with E-state index in [2.05, 4.69) is 15.4 Å². The Hall–Kier alpha value is -2.72. The van der Waals surface area contributed by atoms with E-state index in [1.165, 1.54) is 0 Å². The second-order valence-electron chi connectivity index (χ2n) is 8.26. The lowest BCUT2D eigenvalue weighted by atomic mass is 10.0. The first-order valence-corrected chi connectivity index (χ1v) is 10.2. The highest BCUT2D eigenvalue weighted by Crippen LogP contribution is 2.45. The molecule has 2 saturated carbocycles. The van der Waals surface area contributed by atoms with Gasteiger partial charge in [-0.25, -0.2) is 14.0 Å². The van der Waals surface area contributed by atoms with Crippen LogP contribution in [0.3, 0.4) is 0 Å². The fraction of sp³-hybridized carbons (Fsp3) is 0.600. The van der Waals surface area contributed by atoms with E-state index in [-0.39, 0.29) is 42.3 Å². The zero-order valence-corrected chi connectivity index (χ0v) is 16.9. The summed E-state index contributed by atoms with van der Waals surface area (Å²) in [5.74, 6) is -1.18. The molecule has 3 fully saturated rings. The molecule has 3 aliphatic rings. The van der Waals surface area contributed by atoms with Crippen LogP contribution in [0.4, 0.5) is 27.2 Å². The van der Waals surface area contributed by atoms with E-state index in [4.69, 9.17) is 0 Å². The van der Waals surface area contributed by atoms with Crippen LogP contribution in [0.25, 0.3) is 0 Å². The largest absolute Gasteiger partial charge is 0.573 e. The number of benzene rings is 1. The van der Waals surface area contributed by atoms with E-state index in [0.29, 0.717) is 18.5 Å². The van der Waals surface area contributed by atoms with E-state index in [1.807, 2.05) is 0 Å². The Labute approximate surface area is 176 Å². The summed E-state index contributed by atoms with van der Waals surface area (Å²) in [6, 6.07) is 2.47. The number of piperidine rings is 1. The van der Waals surface area contributed by atoms with Crippen molar-refractivity contribution in [1.29, 1.82) is 0 Å². The minimum absolute atomic E-state index is 0.0523. The van der Waals surface area contributed by atoms with Crippen molar-refractivity contribution in [3.05, 3.63) is 29.6 Å². The fourth-order valence-corrected chi connectivity index (χ4v) is 4.34. The average molecular weight is 444 g/mol. The number of nitrogens with zero attached hydrogens (tertiary/aromatic N) is 2. The maximum absolute atomic E-state index is 14.2. The van der Waals surface area contributed by atoms with Gasteiger partial charge in [-0.3, -0.25) is 0 Å². The third-order valence-corrected chi connectivity index (χ3v) is 6.00.